The minimum Gasteiger partial charge on any atom is -0.376 e. The van der Waals surface area contributed by atoms with E-state index >= 15 is 0 Å². The molecule has 1 aliphatic heterocycles. The Morgan fingerprint density at radius 1 is 1.19 bits per heavy atom. The second-order valence-electron chi connectivity index (χ2n) is 4.13. The van der Waals surface area contributed by atoms with Crippen LogP contribution in [0.2, 0.25) is 0 Å². The van der Waals surface area contributed by atoms with Gasteiger partial charge in [0.15, 0.2) is 0 Å². The van der Waals surface area contributed by atoms with Crippen molar-refractivity contribution in [3.63, 3.8) is 0 Å². The molecule has 16 heavy (non-hydrogen) atoms. The van der Waals surface area contributed by atoms with E-state index in [0.717, 1.165) is 25.3 Å². The van der Waals surface area contributed by atoms with Crippen LogP contribution in [0.15, 0.2) is 18.2 Å². The van der Waals surface area contributed by atoms with Crippen molar-refractivity contribution >= 4 is 0 Å². The van der Waals surface area contributed by atoms with Crippen LogP contribution in [-0.2, 0) is 4.74 Å². The lowest BCUT2D eigenvalue weighted by Gasteiger charge is -2.28. The van der Waals surface area contributed by atoms with Gasteiger partial charge in [-0.15, -0.1) is 0 Å². The molecule has 4 heteroatoms. The van der Waals surface area contributed by atoms with Crippen LogP contribution in [-0.4, -0.2) is 12.7 Å². The molecule has 0 amide bonds. The van der Waals surface area contributed by atoms with Crippen LogP contribution in [0.1, 0.15) is 30.9 Å². The van der Waals surface area contributed by atoms with Crippen molar-refractivity contribution in [1.29, 1.82) is 0 Å². The molecule has 2 rings (SSSR count). The quantitative estimate of drug-likeness (QED) is 0.842. The van der Waals surface area contributed by atoms with Gasteiger partial charge in [-0.2, -0.15) is 0 Å². The van der Waals surface area contributed by atoms with Gasteiger partial charge in [0, 0.05) is 12.7 Å². The minimum absolute atomic E-state index is 0.130. The average molecular weight is 227 g/mol. The highest BCUT2D eigenvalue weighted by atomic mass is 19.1. The summed E-state index contributed by atoms with van der Waals surface area (Å²) < 4.78 is 31.5. The first kappa shape index (κ1) is 11.5. The SMILES string of the molecule is NC(c1cc(F)cc(F)c1)C1CCCCO1. The molecule has 0 radical (unpaired) electrons. The number of benzene rings is 1. The zero-order valence-corrected chi connectivity index (χ0v) is 8.96. The van der Waals surface area contributed by atoms with Crippen LogP contribution < -0.4 is 5.73 Å². The maximum atomic E-state index is 13.0. The zero-order chi connectivity index (χ0) is 11.5. The van der Waals surface area contributed by atoms with Gasteiger partial charge in [-0.25, -0.2) is 8.78 Å². The molecule has 1 saturated heterocycles. The molecule has 1 aromatic rings. The van der Waals surface area contributed by atoms with Crippen LogP contribution >= 0.6 is 0 Å². The van der Waals surface area contributed by atoms with Crippen molar-refractivity contribution in [3.05, 3.63) is 35.4 Å². The Labute approximate surface area is 93.4 Å². The summed E-state index contributed by atoms with van der Waals surface area (Å²) in [6.45, 7) is 0.677. The predicted molar refractivity (Wildman–Crippen MR) is 56.9 cm³/mol. The first-order chi connectivity index (χ1) is 7.66. The summed E-state index contributed by atoms with van der Waals surface area (Å²) in [5.41, 5.74) is 6.41. The Bertz CT molecular complexity index is 344. The standard InChI is InChI=1S/C12H15F2NO/c13-9-5-8(6-10(14)7-9)12(15)11-3-1-2-4-16-11/h5-7,11-12H,1-4,15H2. The second kappa shape index (κ2) is 4.89. The first-order valence-corrected chi connectivity index (χ1v) is 5.50. The molecule has 0 saturated carbocycles. The van der Waals surface area contributed by atoms with E-state index in [0.29, 0.717) is 12.2 Å². The molecule has 0 aliphatic carbocycles. The normalized spacial score (nSPS) is 23.1. The first-order valence-electron chi connectivity index (χ1n) is 5.50. The number of hydrogen-bond acceptors (Lipinski definition) is 2. The monoisotopic (exact) mass is 227 g/mol. The van der Waals surface area contributed by atoms with Crippen molar-refractivity contribution < 1.29 is 13.5 Å². The molecule has 2 atom stereocenters. The summed E-state index contributed by atoms with van der Waals surface area (Å²) >= 11 is 0. The zero-order valence-electron chi connectivity index (χ0n) is 8.96. The summed E-state index contributed by atoms with van der Waals surface area (Å²) in [5, 5.41) is 0. The molecular weight excluding hydrogens is 212 g/mol. The molecule has 0 spiro atoms. The van der Waals surface area contributed by atoms with E-state index < -0.39 is 17.7 Å². The maximum absolute atomic E-state index is 13.0. The fourth-order valence-electron chi connectivity index (χ4n) is 2.03. The van der Waals surface area contributed by atoms with E-state index in [2.05, 4.69) is 0 Å². The summed E-state index contributed by atoms with van der Waals surface area (Å²) in [6, 6.07) is 2.93. The van der Waals surface area contributed by atoms with Gasteiger partial charge in [-0.05, 0) is 37.0 Å². The van der Waals surface area contributed by atoms with Gasteiger partial charge in [0.05, 0.1) is 12.1 Å². The van der Waals surface area contributed by atoms with Gasteiger partial charge in [-0.3, -0.25) is 0 Å². The number of ether oxygens (including phenoxy) is 1. The second-order valence-corrected chi connectivity index (χ2v) is 4.13. The van der Waals surface area contributed by atoms with Gasteiger partial charge in [0.1, 0.15) is 11.6 Å². The van der Waals surface area contributed by atoms with Crippen LogP contribution in [0.25, 0.3) is 0 Å². The smallest absolute Gasteiger partial charge is 0.126 e. The summed E-state index contributed by atoms with van der Waals surface area (Å²) in [6.07, 6.45) is 2.80. The van der Waals surface area contributed by atoms with E-state index in [1.165, 1.54) is 12.1 Å². The molecule has 0 bridgehead atoms. The number of halogens is 2. The van der Waals surface area contributed by atoms with E-state index in [-0.39, 0.29) is 6.10 Å². The van der Waals surface area contributed by atoms with Crippen molar-refractivity contribution in [3.8, 4) is 0 Å². The molecule has 1 aromatic carbocycles. The third kappa shape index (κ3) is 2.57. The number of rotatable bonds is 2. The molecule has 0 aromatic heterocycles. The Morgan fingerprint density at radius 2 is 1.88 bits per heavy atom. The molecule has 1 heterocycles. The summed E-state index contributed by atoms with van der Waals surface area (Å²) in [4.78, 5) is 0. The molecule has 2 unspecified atom stereocenters. The van der Waals surface area contributed by atoms with Gasteiger partial charge >= 0.3 is 0 Å². The van der Waals surface area contributed by atoms with Crippen LogP contribution in [0.4, 0.5) is 8.78 Å². The van der Waals surface area contributed by atoms with Crippen LogP contribution in [0, 0.1) is 11.6 Å². The number of hydrogen-bond donors (Lipinski definition) is 1. The minimum atomic E-state index is -0.596. The van der Waals surface area contributed by atoms with E-state index in [4.69, 9.17) is 10.5 Å². The molecular formula is C12H15F2NO. The third-order valence-electron chi connectivity index (χ3n) is 2.89. The Balaban J connectivity index is 2.15. The highest BCUT2D eigenvalue weighted by Gasteiger charge is 2.23. The third-order valence-corrected chi connectivity index (χ3v) is 2.89. The lowest BCUT2D eigenvalue weighted by Crippen LogP contribution is -2.32. The average Bonchev–Trinajstić information content (AvgIpc) is 2.28. The van der Waals surface area contributed by atoms with E-state index in [9.17, 15) is 8.78 Å². The highest BCUT2D eigenvalue weighted by Crippen LogP contribution is 2.25. The Hall–Kier alpha value is -1.00. The van der Waals surface area contributed by atoms with Gasteiger partial charge < -0.3 is 10.5 Å². The van der Waals surface area contributed by atoms with Crippen molar-refractivity contribution in [1.82, 2.24) is 0 Å². The van der Waals surface area contributed by atoms with Crippen molar-refractivity contribution in [2.75, 3.05) is 6.61 Å². The summed E-state index contributed by atoms with van der Waals surface area (Å²) in [7, 11) is 0. The Kier molecular flexibility index (Phi) is 3.51. The molecule has 1 fully saturated rings. The molecule has 2 N–H and O–H groups in total. The van der Waals surface area contributed by atoms with Gasteiger partial charge in [0.25, 0.3) is 0 Å². The largest absolute Gasteiger partial charge is 0.376 e. The topological polar surface area (TPSA) is 35.2 Å². The lowest BCUT2D eigenvalue weighted by molar-refractivity contribution is -0.0000763. The van der Waals surface area contributed by atoms with Crippen LogP contribution in [0.3, 0.4) is 0 Å². The lowest BCUT2D eigenvalue weighted by atomic mass is 9.96. The van der Waals surface area contributed by atoms with Crippen molar-refractivity contribution in [2.45, 2.75) is 31.4 Å². The molecule has 88 valence electrons. The number of nitrogens with two attached hydrogens (primary N) is 1. The van der Waals surface area contributed by atoms with Gasteiger partial charge in [0.2, 0.25) is 0 Å². The van der Waals surface area contributed by atoms with E-state index in [1.807, 2.05) is 0 Å². The van der Waals surface area contributed by atoms with E-state index in [1.54, 1.807) is 0 Å². The summed E-state index contributed by atoms with van der Waals surface area (Å²) in [5.74, 6) is -1.19. The fraction of sp³-hybridized carbons (Fsp3) is 0.500. The maximum Gasteiger partial charge on any atom is 0.126 e. The van der Waals surface area contributed by atoms with Gasteiger partial charge in [-0.1, -0.05) is 0 Å². The Morgan fingerprint density at radius 3 is 2.44 bits per heavy atom. The molecule has 1 aliphatic rings. The molecule has 2 nitrogen and oxygen atoms in total. The fourth-order valence-corrected chi connectivity index (χ4v) is 2.03. The predicted octanol–water partition coefficient (Wildman–Crippen LogP) is 2.53. The highest BCUT2D eigenvalue weighted by molar-refractivity contribution is 5.22. The van der Waals surface area contributed by atoms with Crippen LogP contribution in [0.5, 0.6) is 0 Å². The van der Waals surface area contributed by atoms with Crippen molar-refractivity contribution in [2.24, 2.45) is 5.73 Å².